The minimum atomic E-state index is -0.245. The van der Waals surface area contributed by atoms with Crippen LogP contribution in [-0.4, -0.2) is 19.6 Å². The van der Waals surface area contributed by atoms with Crippen molar-refractivity contribution in [3.8, 4) is 5.75 Å². The van der Waals surface area contributed by atoms with Gasteiger partial charge in [0.05, 0.1) is 7.11 Å². The van der Waals surface area contributed by atoms with E-state index in [9.17, 15) is 4.79 Å². The summed E-state index contributed by atoms with van der Waals surface area (Å²) < 4.78 is 5.16. The van der Waals surface area contributed by atoms with Crippen LogP contribution >= 0.6 is 0 Å². The summed E-state index contributed by atoms with van der Waals surface area (Å²) in [6.45, 7) is 2.90. The van der Waals surface area contributed by atoms with Crippen molar-refractivity contribution in [1.82, 2.24) is 5.32 Å². The van der Waals surface area contributed by atoms with Gasteiger partial charge in [0.1, 0.15) is 11.8 Å². The third-order valence-electron chi connectivity index (χ3n) is 2.69. The van der Waals surface area contributed by atoms with E-state index in [2.05, 4.69) is 17.6 Å². The second-order valence-corrected chi connectivity index (χ2v) is 3.83. The molecule has 16 heavy (non-hydrogen) atoms. The Morgan fingerprint density at radius 1 is 1.50 bits per heavy atom. The largest absolute Gasteiger partial charge is 0.497 e. The lowest BCUT2D eigenvalue weighted by molar-refractivity contribution is -0.117. The van der Waals surface area contributed by atoms with Gasteiger partial charge in [-0.1, -0.05) is 6.92 Å². The van der Waals surface area contributed by atoms with Crippen molar-refractivity contribution in [2.24, 2.45) is 0 Å². The van der Waals surface area contributed by atoms with Crippen LogP contribution in [-0.2, 0) is 4.79 Å². The Balaban J connectivity index is 2.27. The average molecular weight is 220 g/mol. The minimum Gasteiger partial charge on any atom is -0.497 e. The Morgan fingerprint density at radius 3 is 3.00 bits per heavy atom. The van der Waals surface area contributed by atoms with Crippen molar-refractivity contribution < 1.29 is 9.53 Å². The Bertz CT molecular complexity index is 404. The van der Waals surface area contributed by atoms with E-state index in [4.69, 9.17) is 4.74 Å². The van der Waals surface area contributed by atoms with E-state index in [-0.39, 0.29) is 11.9 Å². The second-order valence-electron chi connectivity index (χ2n) is 3.83. The summed E-state index contributed by atoms with van der Waals surface area (Å²) in [6.07, 6.45) is 1.00. The molecule has 1 heterocycles. The normalized spacial score (nSPS) is 18.1. The molecule has 1 aromatic rings. The van der Waals surface area contributed by atoms with Crippen LogP contribution in [0.15, 0.2) is 18.2 Å². The van der Waals surface area contributed by atoms with E-state index >= 15 is 0 Å². The highest BCUT2D eigenvalue weighted by Crippen LogP contribution is 2.33. The molecule has 1 aliphatic rings. The van der Waals surface area contributed by atoms with E-state index in [1.165, 1.54) is 0 Å². The van der Waals surface area contributed by atoms with Crippen molar-refractivity contribution in [2.75, 3.05) is 19.0 Å². The molecule has 1 atom stereocenters. The van der Waals surface area contributed by atoms with E-state index in [0.29, 0.717) is 0 Å². The quantitative estimate of drug-likeness (QED) is 0.811. The molecule has 4 heteroatoms. The van der Waals surface area contributed by atoms with Gasteiger partial charge in [0, 0.05) is 11.3 Å². The van der Waals surface area contributed by atoms with Gasteiger partial charge >= 0.3 is 0 Å². The fourth-order valence-electron chi connectivity index (χ4n) is 1.86. The molecule has 0 spiro atoms. The summed E-state index contributed by atoms with van der Waals surface area (Å²) in [5.74, 6) is 0.787. The molecule has 2 N–H and O–H groups in total. The van der Waals surface area contributed by atoms with Crippen molar-refractivity contribution in [3.63, 3.8) is 0 Å². The molecular formula is C12H16N2O2. The molecule has 0 saturated carbocycles. The van der Waals surface area contributed by atoms with Gasteiger partial charge in [-0.2, -0.15) is 0 Å². The molecule has 0 radical (unpaired) electrons. The van der Waals surface area contributed by atoms with Crippen LogP contribution < -0.4 is 15.4 Å². The molecule has 1 aromatic carbocycles. The maximum absolute atomic E-state index is 11.7. The summed E-state index contributed by atoms with van der Waals surface area (Å²) in [6, 6.07) is 5.38. The number of carbonyl (C=O) groups is 1. The third kappa shape index (κ3) is 1.88. The first-order valence-electron chi connectivity index (χ1n) is 5.48. The zero-order valence-corrected chi connectivity index (χ0v) is 9.54. The maximum atomic E-state index is 11.7. The second kappa shape index (κ2) is 4.53. The number of hydrogen-bond acceptors (Lipinski definition) is 3. The predicted octanol–water partition coefficient (Wildman–Crippen LogP) is 1.69. The smallest absolute Gasteiger partial charge is 0.246 e. The number of fused-ring (bicyclic) bond motifs is 1. The van der Waals surface area contributed by atoms with Gasteiger partial charge in [-0.25, -0.2) is 0 Å². The summed E-state index contributed by atoms with van der Waals surface area (Å²) in [5.41, 5.74) is 1.84. The highest BCUT2D eigenvalue weighted by atomic mass is 16.5. The first-order chi connectivity index (χ1) is 7.76. The summed E-state index contributed by atoms with van der Waals surface area (Å²) in [5, 5.41) is 6.07. The van der Waals surface area contributed by atoms with Crippen LogP contribution in [0.5, 0.6) is 5.75 Å². The van der Waals surface area contributed by atoms with Crippen LogP contribution in [0.25, 0.3) is 0 Å². The standard InChI is InChI=1S/C12H16N2O2/c1-3-6-13-11-9-7-8(16-2)4-5-10(9)14-12(11)15/h4-5,7,11,13H,3,6H2,1-2H3,(H,14,15). The van der Waals surface area contributed by atoms with Crippen molar-refractivity contribution in [3.05, 3.63) is 23.8 Å². The summed E-state index contributed by atoms with van der Waals surface area (Å²) in [7, 11) is 1.63. The molecule has 1 aliphatic heterocycles. The molecule has 0 aliphatic carbocycles. The predicted molar refractivity (Wildman–Crippen MR) is 62.7 cm³/mol. The maximum Gasteiger partial charge on any atom is 0.246 e. The number of amides is 1. The lowest BCUT2D eigenvalue weighted by Crippen LogP contribution is -2.28. The van der Waals surface area contributed by atoms with Crippen LogP contribution in [0.4, 0.5) is 5.69 Å². The van der Waals surface area contributed by atoms with Crippen LogP contribution in [0.2, 0.25) is 0 Å². The number of hydrogen-bond donors (Lipinski definition) is 2. The highest BCUT2D eigenvalue weighted by molar-refractivity contribution is 6.02. The Morgan fingerprint density at radius 2 is 2.31 bits per heavy atom. The average Bonchev–Trinajstić information content (AvgIpc) is 2.61. The van der Waals surface area contributed by atoms with E-state index < -0.39 is 0 Å². The van der Waals surface area contributed by atoms with E-state index in [0.717, 1.165) is 30.0 Å². The molecule has 2 rings (SSSR count). The van der Waals surface area contributed by atoms with Crippen molar-refractivity contribution >= 4 is 11.6 Å². The monoisotopic (exact) mass is 220 g/mol. The van der Waals surface area contributed by atoms with Gasteiger partial charge in [-0.05, 0) is 31.2 Å². The van der Waals surface area contributed by atoms with Crippen molar-refractivity contribution in [2.45, 2.75) is 19.4 Å². The van der Waals surface area contributed by atoms with Crippen LogP contribution in [0.1, 0.15) is 24.9 Å². The molecule has 1 unspecified atom stereocenters. The molecule has 0 fully saturated rings. The Labute approximate surface area is 95.0 Å². The van der Waals surface area contributed by atoms with Gasteiger partial charge in [0.15, 0.2) is 0 Å². The van der Waals surface area contributed by atoms with Crippen LogP contribution in [0, 0.1) is 0 Å². The lowest BCUT2D eigenvalue weighted by Gasteiger charge is -2.10. The number of carbonyl (C=O) groups excluding carboxylic acids is 1. The first kappa shape index (κ1) is 11.0. The molecule has 1 amide bonds. The topological polar surface area (TPSA) is 50.4 Å². The van der Waals surface area contributed by atoms with Crippen LogP contribution in [0.3, 0.4) is 0 Å². The number of anilines is 1. The number of benzene rings is 1. The SMILES string of the molecule is CCCNC1C(=O)Nc2ccc(OC)cc21. The zero-order chi connectivity index (χ0) is 11.5. The Kier molecular flexibility index (Phi) is 3.10. The van der Waals surface area contributed by atoms with E-state index in [1.807, 2.05) is 18.2 Å². The summed E-state index contributed by atoms with van der Waals surface area (Å²) >= 11 is 0. The number of methoxy groups -OCH3 is 1. The molecule has 0 aromatic heterocycles. The highest BCUT2D eigenvalue weighted by Gasteiger charge is 2.29. The summed E-state index contributed by atoms with van der Waals surface area (Å²) in [4.78, 5) is 11.7. The Hall–Kier alpha value is -1.55. The number of ether oxygens (including phenoxy) is 1. The molecule has 0 bridgehead atoms. The van der Waals surface area contributed by atoms with Gasteiger partial charge in [0.2, 0.25) is 5.91 Å². The zero-order valence-electron chi connectivity index (χ0n) is 9.54. The first-order valence-corrected chi connectivity index (χ1v) is 5.48. The molecule has 4 nitrogen and oxygen atoms in total. The number of nitrogens with one attached hydrogen (secondary N) is 2. The third-order valence-corrected chi connectivity index (χ3v) is 2.69. The van der Waals surface area contributed by atoms with Gasteiger partial charge in [-0.15, -0.1) is 0 Å². The molecule has 0 saturated heterocycles. The lowest BCUT2D eigenvalue weighted by atomic mass is 10.1. The van der Waals surface area contributed by atoms with E-state index in [1.54, 1.807) is 7.11 Å². The fourth-order valence-corrected chi connectivity index (χ4v) is 1.86. The van der Waals surface area contributed by atoms with Gasteiger partial charge < -0.3 is 15.4 Å². The number of rotatable bonds is 4. The van der Waals surface area contributed by atoms with Crippen molar-refractivity contribution in [1.29, 1.82) is 0 Å². The molecule has 86 valence electrons. The van der Waals surface area contributed by atoms with Gasteiger partial charge in [-0.3, -0.25) is 4.79 Å². The van der Waals surface area contributed by atoms with Gasteiger partial charge in [0.25, 0.3) is 0 Å². The molecular weight excluding hydrogens is 204 g/mol. The fraction of sp³-hybridized carbons (Fsp3) is 0.417. The minimum absolute atomic E-state index is 0.0108.